The summed E-state index contributed by atoms with van der Waals surface area (Å²) >= 11 is 0. The van der Waals surface area contributed by atoms with Crippen molar-refractivity contribution in [3.8, 4) is 0 Å². The topological polar surface area (TPSA) is 95.9 Å². The maximum Gasteiger partial charge on any atom is 0.323 e. The summed E-state index contributed by atoms with van der Waals surface area (Å²) in [5, 5.41) is 12.4. The van der Waals surface area contributed by atoms with Gasteiger partial charge in [0, 0.05) is 6.04 Å². The molecule has 1 aliphatic heterocycles. The van der Waals surface area contributed by atoms with Gasteiger partial charge in [0.15, 0.2) is 0 Å². The smallest absolute Gasteiger partial charge is 0.323 e. The molecule has 0 radical (unpaired) electrons. The number of fused-ring (bicyclic) bond motifs is 1. The summed E-state index contributed by atoms with van der Waals surface area (Å²) in [6.45, 7) is 3.77. The molecule has 1 heterocycles. The molecular weight excluding hydrogens is 324 g/mol. The van der Waals surface area contributed by atoms with Gasteiger partial charge in [-0.05, 0) is 44.9 Å². The van der Waals surface area contributed by atoms with Crippen molar-refractivity contribution >= 4 is 17.8 Å². The minimum Gasteiger partial charge on any atom is -0.480 e. The highest BCUT2D eigenvalue weighted by atomic mass is 16.5. The van der Waals surface area contributed by atoms with Crippen LogP contribution in [0.25, 0.3) is 0 Å². The van der Waals surface area contributed by atoms with E-state index in [0.29, 0.717) is 25.4 Å². The molecule has 1 amide bonds. The van der Waals surface area contributed by atoms with Crippen molar-refractivity contribution in [1.82, 2.24) is 10.2 Å². The molecular formula is C18H30N2O5. The van der Waals surface area contributed by atoms with E-state index in [1.54, 1.807) is 6.92 Å². The third-order valence-electron chi connectivity index (χ3n) is 5.28. The Morgan fingerprint density at radius 2 is 2.04 bits per heavy atom. The number of nitrogens with one attached hydrogen (secondary N) is 1. The number of rotatable bonds is 8. The van der Waals surface area contributed by atoms with Crippen LogP contribution in [0.3, 0.4) is 0 Å². The van der Waals surface area contributed by atoms with E-state index in [9.17, 15) is 19.5 Å². The normalized spacial score (nSPS) is 27.5. The molecule has 0 aromatic carbocycles. The molecule has 2 aliphatic rings. The predicted octanol–water partition coefficient (Wildman–Crippen LogP) is 1.55. The Kier molecular flexibility index (Phi) is 7.23. The largest absolute Gasteiger partial charge is 0.480 e. The summed E-state index contributed by atoms with van der Waals surface area (Å²) in [5.74, 6) is -1.16. The lowest BCUT2D eigenvalue weighted by atomic mass is 9.97. The Hall–Kier alpha value is -1.63. The Labute approximate surface area is 149 Å². The molecule has 0 bridgehead atoms. The number of esters is 1. The van der Waals surface area contributed by atoms with Crippen molar-refractivity contribution < 1.29 is 24.2 Å². The second-order valence-corrected chi connectivity index (χ2v) is 7.01. The summed E-state index contributed by atoms with van der Waals surface area (Å²) in [7, 11) is 0. The van der Waals surface area contributed by atoms with Crippen LogP contribution in [-0.4, -0.2) is 59.1 Å². The van der Waals surface area contributed by atoms with Gasteiger partial charge in [-0.3, -0.25) is 19.7 Å². The van der Waals surface area contributed by atoms with E-state index in [2.05, 4.69) is 5.32 Å². The van der Waals surface area contributed by atoms with Crippen molar-refractivity contribution in [1.29, 1.82) is 0 Å². The first kappa shape index (κ1) is 19.7. The minimum absolute atomic E-state index is 0.0163. The van der Waals surface area contributed by atoms with Crippen LogP contribution in [0.4, 0.5) is 0 Å². The SMILES string of the molecule is CCC[C@H](N[C@H]1CCC2CCCC2N(CC(=O)O)C1=O)C(=O)OCC. The second-order valence-electron chi connectivity index (χ2n) is 7.01. The molecule has 2 unspecified atom stereocenters. The van der Waals surface area contributed by atoms with Gasteiger partial charge in [0.1, 0.15) is 12.6 Å². The second kappa shape index (κ2) is 9.17. The fourth-order valence-electron chi connectivity index (χ4n) is 4.17. The first-order valence-corrected chi connectivity index (χ1v) is 9.42. The number of nitrogens with zero attached hydrogens (tertiary/aromatic N) is 1. The molecule has 25 heavy (non-hydrogen) atoms. The average Bonchev–Trinajstić information content (AvgIpc) is 2.99. The quantitative estimate of drug-likeness (QED) is 0.642. The van der Waals surface area contributed by atoms with E-state index >= 15 is 0 Å². The number of hydrogen-bond acceptors (Lipinski definition) is 5. The summed E-state index contributed by atoms with van der Waals surface area (Å²) in [6, 6.07) is -1.03. The number of likely N-dealkylation sites (tertiary alicyclic amines) is 1. The molecule has 142 valence electrons. The lowest BCUT2D eigenvalue weighted by Crippen LogP contribution is -2.54. The highest BCUT2D eigenvalue weighted by Crippen LogP contribution is 2.36. The molecule has 2 fully saturated rings. The first-order valence-electron chi connectivity index (χ1n) is 9.42. The van der Waals surface area contributed by atoms with Crippen LogP contribution in [0.15, 0.2) is 0 Å². The minimum atomic E-state index is -0.991. The zero-order valence-electron chi connectivity index (χ0n) is 15.2. The van der Waals surface area contributed by atoms with Gasteiger partial charge in [-0.2, -0.15) is 0 Å². The maximum absolute atomic E-state index is 13.0. The van der Waals surface area contributed by atoms with Gasteiger partial charge in [-0.15, -0.1) is 0 Å². The van der Waals surface area contributed by atoms with Gasteiger partial charge in [0.2, 0.25) is 5.91 Å². The molecule has 1 saturated heterocycles. The number of carboxylic acids is 1. The van der Waals surface area contributed by atoms with Crippen LogP contribution < -0.4 is 5.32 Å². The Bertz CT molecular complexity index is 496. The third-order valence-corrected chi connectivity index (χ3v) is 5.28. The standard InChI is InChI=1S/C18H30N2O5/c1-3-6-14(18(24)25-4-2)19-13-10-9-12-7-5-8-15(12)20(17(13)23)11-16(21)22/h12-15,19H,3-11H2,1-2H3,(H,21,22)/t12?,13-,14-,15?/m0/s1. The number of carboxylic acid groups (broad SMARTS) is 1. The van der Waals surface area contributed by atoms with Crippen LogP contribution in [0, 0.1) is 5.92 Å². The molecule has 7 nitrogen and oxygen atoms in total. The molecule has 2 rings (SSSR count). The number of carbonyl (C=O) groups is 3. The lowest BCUT2D eigenvalue weighted by molar-refractivity contribution is -0.149. The van der Waals surface area contributed by atoms with Crippen molar-refractivity contribution in [2.45, 2.75) is 76.9 Å². The van der Waals surface area contributed by atoms with E-state index in [1.165, 1.54) is 4.90 Å². The predicted molar refractivity (Wildman–Crippen MR) is 92.0 cm³/mol. The van der Waals surface area contributed by atoms with E-state index in [-0.39, 0.29) is 24.5 Å². The van der Waals surface area contributed by atoms with Gasteiger partial charge in [-0.1, -0.05) is 19.8 Å². The fourth-order valence-corrected chi connectivity index (χ4v) is 4.17. The van der Waals surface area contributed by atoms with E-state index in [1.807, 2.05) is 6.92 Å². The Morgan fingerprint density at radius 1 is 1.28 bits per heavy atom. The van der Waals surface area contributed by atoms with Crippen LogP contribution in [0.1, 0.15) is 58.8 Å². The summed E-state index contributed by atoms with van der Waals surface area (Å²) in [5.41, 5.74) is 0. The van der Waals surface area contributed by atoms with Gasteiger partial charge >= 0.3 is 11.9 Å². The van der Waals surface area contributed by atoms with Crippen molar-refractivity contribution in [2.24, 2.45) is 5.92 Å². The van der Waals surface area contributed by atoms with E-state index < -0.39 is 18.1 Å². The van der Waals surface area contributed by atoms with Crippen molar-refractivity contribution in [3.05, 3.63) is 0 Å². The van der Waals surface area contributed by atoms with E-state index in [0.717, 1.165) is 32.1 Å². The molecule has 0 aromatic heterocycles. The molecule has 0 spiro atoms. The first-order chi connectivity index (χ1) is 12.0. The lowest BCUT2D eigenvalue weighted by Gasteiger charge is -2.31. The monoisotopic (exact) mass is 354 g/mol. The van der Waals surface area contributed by atoms with Crippen LogP contribution >= 0.6 is 0 Å². The van der Waals surface area contributed by atoms with Crippen LogP contribution in [0.5, 0.6) is 0 Å². The molecule has 4 atom stereocenters. The van der Waals surface area contributed by atoms with E-state index in [4.69, 9.17) is 4.74 Å². The fraction of sp³-hybridized carbons (Fsp3) is 0.833. The van der Waals surface area contributed by atoms with Crippen molar-refractivity contribution in [3.63, 3.8) is 0 Å². The summed E-state index contributed by atoms with van der Waals surface area (Å²) < 4.78 is 5.11. The highest BCUT2D eigenvalue weighted by Gasteiger charge is 2.42. The molecule has 2 N–H and O–H groups in total. The van der Waals surface area contributed by atoms with Gasteiger partial charge in [0.05, 0.1) is 12.6 Å². The van der Waals surface area contributed by atoms with Crippen LogP contribution in [-0.2, 0) is 19.1 Å². The molecule has 0 aromatic rings. The molecule has 1 saturated carbocycles. The maximum atomic E-state index is 13.0. The highest BCUT2D eigenvalue weighted by molar-refractivity contribution is 5.87. The molecule has 7 heteroatoms. The number of hydrogen-bond donors (Lipinski definition) is 2. The average molecular weight is 354 g/mol. The Morgan fingerprint density at radius 3 is 2.68 bits per heavy atom. The number of aliphatic carboxylic acids is 1. The number of ether oxygens (including phenoxy) is 1. The van der Waals surface area contributed by atoms with Crippen molar-refractivity contribution in [2.75, 3.05) is 13.2 Å². The third kappa shape index (κ3) is 4.93. The van der Waals surface area contributed by atoms with Gasteiger partial charge in [-0.25, -0.2) is 0 Å². The summed E-state index contributed by atoms with van der Waals surface area (Å²) in [6.07, 6.45) is 5.85. The zero-order chi connectivity index (χ0) is 18.4. The summed E-state index contributed by atoms with van der Waals surface area (Å²) in [4.78, 5) is 37.9. The molecule has 1 aliphatic carbocycles. The number of carbonyl (C=O) groups excluding carboxylic acids is 2. The van der Waals surface area contributed by atoms with Crippen LogP contribution in [0.2, 0.25) is 0 Å². The van der Waals surface area contributed by atoms with Gasteiger partial charge in [0.25, 0.3) is 0 Å². The Balaban J connectivity index is 2.14. The number of amides is 1. The zero-order valence-corrected chi connectivity index (χ0v) is 15.2. The van der Waals surface area contributed by atoms with Gasteiger partial charge < -0.3 is 14.7 Å².